The van der Waals surface area contributed by atoms with Crippen molar-refractivity contribution in [1.82, 2.24) is 35.0 Å². The third-order valence-corrected chi connectivity index (χ3v) is 5.30. The molecule has 1 aromatic carbocycles. The number of nitrogen functional groups attached to an aromatic ring is 1. The molecule has 0 radical (unpaired) electrons. The van der Waals surface area contributed by atoms with Crippen molar-refractivity contribution in [3.63, 3.8) is 0 Å². The molecule has 29 heavy (non-hydrogen) atoms. The number of aromatic amines is 1. The Kier molecular flexibility index (Phi) is 4.44. The first-order chi connectivity index (χ1) is 14.2. The molecule has 5 rings (SSSR count). The number of fused-ring (bicyclic) bond motifs is 1. The van der Waals surface area contributed by atoms with Crippen molar-refractivity contribution in [1.29, 1.82) is 0 Å². The van der Waals surface area contributed by atoms with Crippen LogP contribution in [0.3, 0.4) is 0 Å². The van der Waals surface area contributed by atoms with Gasteiger partial charge in [0.05, 0.1) is 29.1 Å². The van der Waals surface area contributed by atoms with Gasteiger partial charge in [-0.25, -0.2) is 19.3 Å². The average Bonchev–Trinajstić information content (AvgIpc) is 3.36. The Bertz CT molecular complexity index is 1160. The highest BCUT2D eigenvalue weighted by atomic mass is 19.1. The summed E-state index contributed by atoms with van der Waals surface area (Å²) < 4.78 is 15.4. The van der Waals surface area contributed by atoms with Gasteiger partial charge in [-0.15, -0.1) is 0 Å². The Labute approximate surface area is 166 Å². The van der Waals surface area contributed by atoms with Crippen molar-refractivity contribution in [3.8, 4) is 22.8 Å². The van der Waals surface area contributed by atoms with Gasteiger partial charge in [-0.2, -0.15) is 5.10 Å². The summed E-state index contributed by atoms with van der Waals surface area (Å²) in [5.41, 5.74) is 9.24. The number of nitrogens with two attached hydrogens (primary N) is 1. The number of anilines is 1. The highest BCUT2D eigenvalue weighted by molar-refractivity contribution is 5.81. The van der Waals surface area contributed by atoms with Crippen molar-refractivity contribution in [2.45, 2.75) is 19.4 Å². The summed E-state index contributed by atoms with van der Waals surface area (Å²) in [5.74, 6) is 1.02. The summed E-state index contributed by atoms with van der Waals surface area (Å²) >= 11 is 0. The third kappa shape index (κ3) is 3.56. The van der Waals surface area contributed by atoms with Gasteiger partial charge in [0.15, 0.2) is 11.6 Å². The smallest absolute Gasteiger partial charge is 0.161 e. The number of aromatic nitrogens is 6. The van der Waals surface area contributed by atoms with E-state index in [0.29, 0.717) is 34.2 Å². The minimum absolute atomic E-state index is 0.260. The van der Waals surface area contributed by atoms with E-state index in [-0.39, 0.29) is 11.6 Å². The van der Waals surface area contributed by atoms with Gasteiger partial charge in [-0.1, -0.05) is 0 Å². The Morgan fingerprint density at radius 2 is 2.03 bits per heavy atom. The number of nitrogens with one attached hydrogen (secondary N) is 2. The van der Waals surface area contributed by atoms with E-state index in [0.717, 1.165) is 38.0 Å². The van der Waals surface area contributed by atoms with E-state index in [9.17, 15) is 4.39 Å². The van der Waals surface area contributed by atoms with Crippen molar-refractivity contribution in [2.75, 3.05) is 18.8 Å². The van der Waals surface area contributed by atoms with E-state index in [1.54, 1.807) is 18.5 Å². The van der Waals surface area contributed by atoms with Gasteiger partial charge in [0.2, 0.25) is 0 Å². The lowest BCUT2D eigenvalue weighted by molar-refractivity contribution is 0.321. The van der Waals surface area contributed by atoms with Crippen LogP contribution < -0.4 is 11.1 Å². The van der Waals surface area contributed by atoms with Gasteiger partial charge in [0.25, 0.3) is 0 Å². The fourth-order valence-corrected chi connectivity index (χ4v) is 3.73. The summed E-state index contributed by atoms with van der Waals surface area (Å²) in [4.78, 5) is 16.5. The molecule has 4 N–H and O–H groups in total. The van der Waals surface area contributed by atoms with Crippen LogP contribution in [0, 0.1) is 11.7 Å². The van der Waals surface area contributed by atoms with E-state index >= 15 is 0 Å². The minimum Gasteiger partial charge on any atom is -0.382 e. The zero-order chi connectivity index (χ0) is 19.8. The molecule has 9 heteroatoms. The van der Waals surface area contributed by atoms with Gasteiger partial charge in [-0.05, 0) is 50.0 Å². The maximum Gasteiger partial charge on any atom is 0.161 e. The molecule has 3 aromatic heterocycles. The van der Waals surface area contributed by atoms with Gasteiger partial charge in [0.1, 0.15) is 11.5 Å². The van der Waals surface area contributed by atoms with Crippen LogP contribution >= 0.6 is 0 Å². The monoisotopic (exact) mass is 392 g/mol. The minimum atomic E-state index is -0.332. The predicted molar refractivity (Wildman–Crippen MR) is 108 cm³/mol. The number of hydrogen-bond donors (Lipinski definition) is 3. The van der Waals surface area contributed by atoms with Crippen LogP contribution in [0.5, 0.6) is 0 Å². The summed E-state index contributed by atoms with van der Waals surface area (Å²) in [6, 6.07) is 4.38. The van der Waals surface area contributed by atoms with Crippen molar-refractivity contribution < 1.29 is 4.39 Å². The van der Waals surface area contributed by atoms with Crippen molar-refractivity contribution in [3.05, 3.63) is 42.6 Å². The summed E-state index contributed by atoms with van der Waals surface area (Å²) in [5, 5.41) is 7.87. The molecule has 4 heterocycles. The van der Waals surface area contributed by atoms with Crippen LogP contribution in [-0.2, 0) is 6.54 Å². The Balaban J connectivity index is 1.44. The topological polar surface area (TPSA) is 110 Å². The second kappa shape index (κ2) is 7.25. The molecule has 0 bridgehead atoms. The fraction of sp³-hybridized carbons (Fsp3) is 0.300. The lowest BCUT2D eigenvalue weighted by Crippen LogP contribution is -2.29. The van der Waals surface area contributed by atoms with Gasteiger partial charge >= 0.3 is 0 Å². The molecule has 1 aliphatic heterocycles. The molecule has 8 nitrogen and oxygen atoms in total. The number of hydrogen-bond acceptors (Lipinski definition) is 6. The van der Waals surface area contributed by atoms with Crippen molar-refractivity contribution in [2.24, 2.45) is 5.92 Å². The number of halogens is 1. The lowest BCUT2D eigenvalue weighted by Gasteiger charge is -2.22. The molecule has 0 saturated carbocycles. The van der Waals surface area contributed by atoms with Gasteiger partial charge in [0, 0.05) is 18.3 Å². The van der Waals surface area contributed by atoms with E-state index in [1.807, 2.05) is 10.9 Å². The van der Waals surface area contributed by atoms with Gasteiger partial charge in [-0.3, -0.25) is 4.68 Å². The number of benzene rings is 1. The van der Waals surface area contributed by atoms with Crippen LogP contribution in [-0.4, -0.2) is 42.8 Å². The molecule has 0 amide bonds. The van der Waals surface area contributed by atoms with Crippen LogP contribution in [0.25, 0.3) is 33.8 Å². The van der Waals surface area contributed by atoms with E-state index in [1.165, 1.54) is 12.1 Å². The first-order valence-electron chi connectivity index (χ1n) is 9.67. The fourth-order valence-electron chi connectivity index (χ4n) is 3.73. The number of piperidine rings is 1. The number of rotatable bonds is 4. The van der Waals surface area contributed by atoms with Crippen LogP contribution in [0.4, 0.5) is 10.2 Å². The molecule has 1 aliphatic rings. The molecule has 0 aliphatic carbocycles. The second-order valence-electron chi connectivity index (χ2n) is 7.38. The number of nitrogens with zero attached hydrogens (tertiary/aromatic N) is 5. The Hall–Kier alpha value is -3.33. The SMILES string of the molecule is Nc1ncc(-c2cnn(CC3CCNCC3)c2)nc1-c1nc2ccc(F)cc2[nH]1. The maximum atomic E-state index is 13.5. The van der Waals surface area contributed by atoms with Crippen LogP contribution in [0.2, 0.25) is 0 Å². The van der Waals surface area contributed by atoms with Crippen LogP contribution in [0.1, 0.15) is 12.8 Å². The summed E-state index contributed by atoms with van der Waals surface area (Å²) in [7, 11) is 0. The third-order valence-electron chi connectivity index (χ3n) is 5.30. The predicted octanol–water partition coefficient (Wildman–Crippen LogP) is 2.60. The van der Waals surface area contributed by atoms with Crippen molar-refractivity contribution >= 4 is 16.9 Å². The zero-order valence-electron chi connectivity index (χ0n) is 15.8. The molecule has 0 unspecified atom stereocenters. The molecular formula is C20H21FN8. The molecular weight excluding hydrogens is 371 g/mol. The van der Waals surface area contributed by atoms with E-state index in [2.05, 4.69) is 30.4 Å². The maximum absolute atomic E-state index is 13.5. The van der Waals surface area contributed by atoms with E-state index in [4.69, 9.17) is 5.73 Å². The van der Waals surface area contributed by atoms with Crippen LogP contribution in [0.15, 0.2) is 36.8 Å². The number of H-pyrrole nitrogens is 1. The van der Waals surface area contributed by atoms with Gasteiger partial charge < -0.3 is 16.0 Å². The zero-order valence-corrected chi connectivity index (χ0v) is 15.8. The molecule has 0 spiro atoms. The van der Waals surface area contributed by atoms with E-state index < -0.39 is 0 Å². The quantitative estimate of drug-likeness (QED) is 0.492. The molecule has 1 fully saturated rings. The molecule has 0 atom stereocenters. The highest BCUT2D eigenvalue weighted by Gasteiger charge is 2.16. The lowest BCUT2D eigenvalue weighted by atomic mass is 9.98. The summed E-state index contributed by atoms with van der Waals surface area (Å²) in [6.07, 6.45) is 7.73. The largest absolute Gasteiger partial charge is 0.382 e. The Morgan fingerprint density at radius 1 is 1.17 bits per heavy atom. The Morgan fingerprint density at radius 3 is 2.90 bits per heavy atom. The molecule has 4 aromatic rings. The molecule has 148 valence electrons. The highest BCUT2D eigenvalue weighted by Crippen LogP contribution is 2.26. The number of imidazole rings is 1. The summed E-state index contributed by atoms with van der Waals surface area (Å²) in [6.45, 7) is 3.02. The first kappa shape index (κ1) is 17.7. The average molecular weight is 392 g/mol. The molecule has 1 saturated heterocycles. The normalized spacial score (nSPS) is 15.2. The first-order valence-corrected chi connectivity index (χ1v) is 9.67. The second-order valence-corrected chi connectivity index (χ2v) is 7.38. The standard InChI is InChI=1S/C20H21FN8/c21-14-1-2-15-16(7-14)28-20(27-15)18-19(22)24-9-17(26-18)13-8-25-29(11-13)10-12-3-5-23-6-4-12/h1-2,7-9,11-12,23H,3-6,10H2,(H2,22,24)(H,27,28).